The molecule has 2 heterocycles. The minimum Gasteiger partial charge on any atom is -0.366 e. The van der Waals surface area contributed by atoms with Gasteiger partial charge in [0.1, 0.15) is 17.7 Å². The SMILES string of the molecule is CCN1CCOC(C(=O)Nc2nc(C)nn2-c2ccc(F)cc2C)C1. The smallest absolute Gasteiger partial charge is 0.257 e. The molecular formula is C17H22FN5O2. The number of morpholine rings is 1. The lowest BCUT2D eigenvalue weighted by Gasteiger charge is -2.31. The maximum Gasteiger partial charge on any atom is 0.257 e. The van der Waals surface area contributed by atoms with E-state index < -0.39 is 6.10 Å². The van der Waals surface area contributed by atoms with E-state index in [1.165, 1.54) is 16.8 Å². The van der Waals surface area contributed by atoms with E-state index >= 15 is 0 Å². The van der Waals surface area contributed by atoms with Gasteiger partial charge in [0.25, 0.3) is 5.91 Å². The molecule has 1 saturated heterocycles. The molecule has 0 radical (unpaired) electrons. The predicted octanol–water partition coefficient (Wildman–Crippen LogP) is 1.68. The zero-order valence-corrected chi connectivity index (χ0v) is 14.6. The van der Waals surface area contributed by atoms with Crippen molar-refractivity contribution >= 4 is 11.9 Å². The van der Waals surface area contributed by atoms with Gasteiger partial charge in [-0.2, -0.15) is 9.67 Å². The number of nitrogens with one attached hydrogen (secondary N) is 1. The third-order valence-electron chi connectivity index (χ3n) is 4.23. The van der Waals surface area contributed by atoms with Gasteiger partial charge in [0.15, 0.2) is 0 Å². The summed E-state index contributed by atoms with van der Waals surface area (Å²) in [7, 11) is 0. The van der Waals surface area contributed by atoms with Crippen LogP contribution in [0.2, 0.25) is 0 Å². The van der Waals surface area contributed by atoms with E-state index in [9.17, 15) is 9.18 Å². The second kappa shape index (κ2) is 7.28. The Balaban J connectivity index is 1.82. The molecule has 2 aromatic rings. The molecule has 0 spiro atoms. The number of likely N-dealkylation sites (N-methyl/N-ethyl adjacent to an activating group) is 1. The highest BCUT2D eigenvalue weighted by Crippen LogP contribution is 2.19. The summed E-state index contributed by atoms with van der Waals surface area (Å²) < 4.78 is 20.4. The molecule has 1 aromatic heterocycles. The zero-order chi connectivity index (χ0) is 18.0. The molecule has 0 aliphatic carbocycles. The molecule has 8 heteroatoms. The predicted molar refractivity (Wildman–Crippen MR) is 91.3 cm³/mol. The van der Waals surface area contributed by atoms with Gasteiger partial charge in [0, 0.05) is 13.1 Å². The number of carbonyl (C=O) groups excluding carboxylic acids is 1. The van der Waals surface area contributed by atoms with E-state index in [1.54, 1.807) is 19.9 Å². The first-order valence-corrected chi connectivity index (χ1v) is 8.33. The van der Waals surface area contributed by atoms with Crippen LogP contribution in [0.1, 0.15) is 18.3 Å². The summed E-state index contributed by atoms with van der Waals surface area (Å²) in [4.78, 5) is 19.0. The van der Waals surface area contributed by atoms with Crippen LogP contribution in [0, 0.1) is 19.7 Å². The number of carbonyl (C=O) groups is 1. The van der Waals surface area contributed by atoms with E-state index in [-0.39, 0.29) is 11.7 Å². The normalized spacial score (nSPS) is 18.3. The quantitative estimate of drug-likeness (QED) is 0.911. The molecule has 1 N–H and O–H groups in total. The van der Waals surface area contributed by atoms with Crippen LogP contribution in [-0.4, -0.2) is 57.9 Å². The Morgan fingerprint density at radius 1 is 1.44 bits per heavy atom. The Hall–Kier alpha value is -2.32. The second-order valence-corrected chi connectivity index (χ2v) is 6.07. The Morgan fingerprint density at radius 3 is 2.96 bits per heavy atom. The standard InChI is InChI=1S/C17H22FN5O2/c1-4-22-7-8-25-15(10-22)16(24)20-17-19-12(3)21-23(17)14-6-5-13(18)9-11(14)2/h5-6,9,15H,4,7-8,10H2,1-3H3,(H,19,20,21,24). The van der Waals surface area contributed by atoms with E-state index in [0.29, 0.717) is 36.2 Å². The molecule has 1 aliphatic heterocycles. The molecule has 1 amide bonds. The zero-order valence-electron chi connectivity index (χ0n) is 14.6. The first-order chi connectivity index (χ1) is 12.0. The summed E-state index contributed by atoms with van der Waals surface area (Å²) in [5.74, 6) is 0.235. The summed E-state index contributed by atoms with van der Waals surface area (Å²) in [6.45, 7) is 8.34. The van der Waals surface area contributed by atoms with Gasteiger partial charge in [-0.25, -0.2) is 4.39 Å². The summed E-state index contributed by atoms with van der Waals surface area (Å²) in [6.07, 6.45) is -0.548. The van der Waals surface area contributed by atoms with Crippen molar-refractivity contribution in [3.05, 3.63) is 35.4 Å². The molecule has 0 bridgehead atoms. The molecule has 1 aromatic carbocycles. The van der Waals surface area contributed by atoms with Crippen LogP contribution in [0.25, 0.3) is 5.69 Å². The molecule has 3 rings (SSSR count). The maximum atomic E-state index is 13.4. The molecule has 7 nitrogen and oxygen atoms in total. The van der Waals surface area contributed by atoms with Gasteiger partial charge in [-0.3, -0.25) is 15.0 Å². The highest BCUT2D eigenvalue weighted by Gasteiger charge is 2.27. The number of benzene rings is 1. The Morgan fingerprint density at radius 2 is 2.24 bits per heavy atom. The van der Waals surface area contributed by atoms with Crippen molar-refractivity contribution < 1.29 is 13.9 Å². The van der Waals surface area contributed by atoms with Crippen molar-refractivity contribution in [1.82, 2.24) is 19.7 Å². The van der Waals surface area contributed by atoms with Crippen molar-refractivity contribution in [3.63, 3.8) is 0 Å². The van der Waals surface area contributed by atoms with Crippen molar-refractivity contribution in [2.75, 3.05) is 31.6 Å². The monoisotopic (exact) mass is 347 g/mol. The van der Waals surface area contributed by atoms with Gasteiger partial charge >= 0.3 is 0 Å². The van der Waals surface area contributed by atoms with E-state index in [1.807, 2.05) is 0 Å². The average molecular weight is 347 g/mol. The Labute approximate surface area is 145 Å². The van der Waals surface area contributed by atoms with Crippen molar-refractivity contribution in [2.24, 2.45) is 0 Å². The van der Waals surface area contributed by atoms with E-state index in [2.05, 4.69) is 27.2 Å². The fourth-order valence-electron chi connectivity index (χ4n) is 2.86. The van der Waals surface area contributed by atoms with Crippen LogP contribution in [0.3, 0.4) is 0 Å². The molecule has 1 unspecified atom stereocenters. The van der Waals surface area contributed by atoms with Crippen molar-refractivity contribution in [3.8, 4) is 5.69 Å². The number of amides is 1. The lowest BCUT2D eigenvalue weighted by atomic mass is 10.2. The number of aryl methyl sites for hydroxylation is 2. The molecule has 0 saturated carbocycles. The fraction of sp³-hybridized carbons (Fsp3) is 0.471. The molecule has 1 fully saturated rings. The number of nitrogens with zero attached hydrogens (tertiary/aromatic N) is 4. The highest BCUT2D eigenvalue weighted by atomic mass is 19.1. The van der Waals surface area contributed by atoms with Crippen LogP contribution in [0.15, 0.2) is 18.2 Å². The van der Waals surface area contributed by atoms with Crippen LogP contribution in [-0.2, 0) is 9.53 Å². The van der Waals surface area contributed by atoms with Crippen LogP contribution in [0.5, 0.6) is 0 Å². The first kappa shape index (κ1) is 17.5. The third-order valence-corrected chi connectivity index (χ3v) is 4.23. The van der Waals surface area contributed by atoms with Gasteiger partial charge in [-0.1, -0.05) is 6.92 Å². The highest BCUT2D eigenvalue weighted by molar-refractivity contribution is 5.93. The van der Waals surface area contributed by atoms with Gasteiger partial charge in [-0.15, -0.1) is 5.10 Å². The first-order valence-electron chi connectivity index (χ1n) is 8.33. The number of rotatable bonds is 4. The number of hydrogen-bond donors (Lipinski definition) is 1. The lowest BCUT2D eigenvalue weighted by Crippen LogP contribution is -2.47. The minimum absolute atomic E-state index is 0.258. The number of hydrogen-bond acceptors (Lipinski definition) is 5. The minimum atomic E-state index is -0.548. The largest absolute Gasteiger partial charge is 0.366 e. The van der Waals surface area contributed by atoms with Gasteiger partial charge in [-0.05, 0) is 44.2 Å². The number of aromatic nitrogens is 3. The van der Waals surface area contributed by atoms with E-state index in [4.69, 9.17) is 4.74 Å². The Bertz CT molecular complexity index is 776. The topological polar surface area (TPSA) is 72.3 Å². The summed E-state index contributed by atoms with van der Waals surface area (Å²) in [5, 5.41) is 7.11. The van der Waals surface area contributed by atoms with Crippen molar-refractivity contribution in [2.45, 2.75) is 26.9 Å². The second-order valence-electron chi connectivity index (χ2n) is 6.07. The van der Waals surface area contributed by atoms with Gasteiger partial charge in [0.05, 0.1) is 12.3 Å². The van der Waals surface area contributed by atoms with Crippen LogP contribution < -0.4 is 5.32 Å². The third kappa shape index (κ3) is 3.85. The lowest BCUT2D eigenvalue weighted by molar-refractivity contribution is -0.133. The number of anilines is 1. The number of ether oxygens (including phenoxy) is 1. The summed E-state index contributed by atoms with van der Waals surface area (Å²) in [5.41, 5.74) is 1.36. The maximum absolute atomic E-state index is 13.4. The molecule has 1 aliphatic rings. The summed E-state index contributed by atoms with van der Waals surface area (Å²) >= 11 is 0. The fourth-order valence-corrected chi connectivity index (χ4v) is 2.86. The van der Waals surface area contributed by atoms with Crippen molar-refractivity contribution in [1.29, 1.82) is 0 Å². The average Bonchev–Trinajstić information content (AvgIpc) is 2.95. The Kier molecular flexibility index (Phi) is 5.10. The van der Waals surface area contributed by atoms with Crippen LogP contribution >= 0.6 is 0 Å². The van der Waals surface area contributed by atoms with Crippen LogP contribution in [0.4, 0.5) is 10.3 Å². The molecule has 134 valence electrons. The van der Waals surface area contributed by atoms with E-state index in [0.717, 1.165) is 13.1 Å². The molecule has 25 heavy (non-hydrogen) atoms. The molecule has 1 atom stereocenters. The van der Waals surface area contributed by atoms with Gasteiger partial charge < -0.3 is 4.74 Å². The molecular weight excluding hydrogens is 325 g/mol. The number of halogens is 1. The summed E-state index contributed by atoms with van der Waals surface area (Å²) in [6, 6.07) is 4.39. The van der Waals surface area contributed by atoms with Gasteiger partial charge in [0.2, 0.25) is 5.95 Å².